The molecule has 0 saturated carbocycles. The number of methoxy groups -OCH3 is 2. The third-order valence-electron chi connectivity index (χ3n) is 2.33. The number of ketones is 1. The summed E-state index contributed by atoms with van der Waals surface area (Å²) in [5.41, 5.74) is 0.547. The van der Waals surface area contributed by atoms with Crippen molar-refractivity contribution in [3.05, 3.63) is 17.7 Å². The van der Waals surface area contributed by atoms with Gasteiger partial charge in [-0.1, -0.05) is 0 Å². The van der Waals surface area contributed by atoms with E-state index in [1.165, 1.54) is 11.8 Å². The highest BCUT2D eigenvalue weighted by molar-refractivity contribution is 7.98. The summed E-state index contributed by atoms with van der Waals surface area (Å²) in [6.07, 6.45) is 1.93. The van der Waals surface area contributed by atoms with E-state index in [4.69, 9.17) is 9.47 Å². The number of carbonyl (C=O) groups is 1. The minimum absolute atomic E-state index is 0.0152. The second-order valence-corrected chi connectivity index (χ2v) is 4.21. The first-order chi connectivity index (χ1) is 8.17. The van der Waals surface area contributed by atoms with Crippen LogP contribution >= 0.6 is 11.8 Å². The maximum atomic E-state index is 12.0. The van der Waals surface area contributed by atoms with Crippen molar-refractivity contribution in [3.63, 3.8) is 0 Å². The van der Waals surface area contributed by atoms with Gasteiger partial charge in [-0.2, -0.15) is 0 Å². The van der Waals surface area contributed by atoms with Gasteiger partial charge in [0, 0.05) is 0 Å². The van der Waals surface area contributed by atoms with Gasteiger partial charge in [-0.25, -0.2) is 0 Å². The van der Waals surface area contributed by atoms with E-state index in [-0.39, 0.29) is 12.3 Å². The lowest BCUT2D eigenvalue weighted by Crippen LogP contribution is -2.19. The number of carbonyl (C=O) groups excluding carboxylic acids is 1. The fourth-order valence-corrected chi connectivity index (χ4v) is 2.13. The summed E-state index contributed by atoms with van der Waals surface area (Å²) < 4.78 is 10.5. The summed E-state index contributed by atoms with van der Waals surface area (Å²) in [5.74, 6) is 1.26. The number of likely N-dealkylation sites (N-methyl/N-ethyl adjacent to an activating group) is 1. The molecule has 0 aliphatic carbocycles. The van der Waals surface area contributed by atoms with Crippen LogP contribution in [0.1, 0.15) is 10.4 Å². The zero-order valence-electron chi connectivity index (χ0n) is 10.5. The molecular formula is C12H17NO3S. The Balaban J connectivity index is 3.28. The maximum Gasteiger partial charge on any atom is 0.180 e. The Morgan fingerprint density at radius 3 is 2.53 bits per heavy atom. The molecule has 0 saturated heterocycles. The normalized spacial score (nSPS) is 10.1. The molecule has 0 fully saturated rings. The molecule has 0 radical (unpaired) electrons. The van der Waals surface area contributed by atoms with Gasteiger partial charge < -0.3 is 14.8 Å². The molecule has 0 aliphatic heterocycles. The van der Waals surface area contributed by atoms with E-state index in [1.54, 1.807) is 27.3 Å². The summed E-state index contributed by atoms with van der Waals surface area (Å²) in [4.78, 5) is 12.8. The fraction of sp³-hybridized carbons (Fsp3) is 0.417. The molecule has 1 N–H and O–H groups in total. The lowest BCUT2D eigenvalue weighted by molar-refractivity contribution is 0.0990. The van der Waals surface area contributed by atoms with E-state index in [0.29, 0.717) is 17.1 Å². The molecule has 0 unspecified atom stereocenters. The third kappa shape index (κ3) is 3.14. The zero-order chi connectivity index (χ0) is 12.8. The molecule has 0 amide bonds. The second kappa shape index (κ2) is 6.51. The predicted octanol–water partition coefficient (Wildman–Crippen LogP) is 1.83. The van der Waals surface area contributed by atoms with Gasteiger partial charge in [-0.3, -0.25) is 4.79 Å². The van der Waals surface area contributed by atoms with Crippen LogP contribution < -0.4 is 14.8 Å². The van der Waals surface area contributed by atoms with Crippen LogP contribution in [-0.4, -0.2) is 39.9 Å². The van der Waals surface area contributed by atoms with Gasteiger partial charge in [0.05, 0.1) is 31.2 Å². The van der Waals surface area contributed by atoms with Gasteiger partial charge >= 0.3 is 0 Å². The Kier molecular flexibility index (Phi) is 5.31. The molecule has 0 aromatic heterocycles. The molecule has 1 aromatic carbocycles. The average molecular weight is 255 g/mol. The van der Waals surface area contributed by atoms with Crippen LogP contribution in [0.3, 0.4) is 0 Å². The number of ether oxygens (including phenoxy) is 2. The van der Waals surface area contributed by atoms with Crippen LogP contribution in [0.15, 0.2) is 17.0 Å². The van der Waals surface area contributed by atoms with Crippen molar-refractivity contribution in [1.82, 2.24) is 5.32 Å². The highest BCUT2D eigenvalue weighted by Gasteiger charge is 2.17. The summed E-state index contributed by atoms with van der Waals surface area (Å²) in [7, 11) is 4.88. The van der Waals surface area contributed by atoms with Crippen molar-refractivity contribution < 1.29 is 14.3 Å². The Bertz CT molecular complexity index is 407. The molecule has 0 atom stereocenters. The highest BCUT2D eigenvalue weighted by atomic mass is 32.2. The van der Waals surface area contributed by atoms with Crippen LogP contribution in [0.5, 0.6) is 11.5 Å². The first-order valence-corrected chi connectivity index (χ1v) is 6.38. The summed E-state index contributed by atoms with van der Waals surface area (Å²) >= 11 is 1.52. The van der Waals surface area contributed by atoms with Crippen molar-refractivity contribution in [1.29, 1.82) is 0 Å². The Morgan fingerprint density at radius 1 is 1.35 bits per heavy atom. The topological polar surface area (TPSA) is 47.6 Å². The highest BCUT2D eigenvalue weighted by Crippen LogP contribution is 2.35. The van der Waals surface area contributed by atoms with E-state index in [2.05, 4.69) is 5.32 Å². The first kappa shape index (κ1) is 13.9. The monoisotopic (exact) mass is 255 g/mol. The smallest absolute Gasteiger partial charge is 0.180 e. The maximum absolute atomic E-state index is 12.0. The third-order valence-corrected chi connectivity index (χ3v) is 3.07. The van der Waals surface area contributed by atoms with Gasteiger partial charge in [0.2, 0.25) is 0 Å². The van der Waals surface area contributed by atoms with Gasteiger partial charge in [0.25, 0.3) is 0 Å². The van der Waals surface area contributed by atoms with Gasteiger partial charge in [-0.15, -0.1) is 11.8 Å². The quantitative estimate of drug-likeness (QED) is 0.620. The average Bonchev–Trinajstić information content (AvgIpc) is 2.37. The number of rotatable bonds is 6. The summed E-state index contributed by atoms with van der Waals surface area (Å²) in [6.45, 7) is 0.275. The van der Waals surface area contributed by atoms with Crippen LogP contribution in [0.2, 0.25) is 0 Å². The number of hydrogen-bond acceptors (Lipinski definition) is 5. The number of thioether (sulfide) groups is 1. The SMILES string of the molecule is CNCC(=O)c1cc(OC)cc(SC)c1OC. The lowest BCUT2D eigenvalue weighted by atomic mass is 10.1. The van der Waals surface area contributed by atoms with Crippen molar-refractivity contribution >= 4 is 17.5 Å². The Morgan fingerprint density at radius 2 is 2.06 bits per heavy atom. The number of hydrogen-bond donors (Lipinski definition) is 1. The van der Waals surface area contributed by atoms with Crippen molar-refractivity contribution in [3.8, 4) is 11.5 Å². The largest absolute Gasteiger partial charge is 0.497 e. The molecule has 0 aliphatic rings. The van der Waals surface area contributed by atoms with E-state index in [1.807, 2.05) is 12.3 Å². The molecule has 4 nitrogen and oxygen atoms in total. The molecular weight excluding hydrogens is 238 g/mol. The van der Waals surface area contributed by atoms with Crippen molar-refractivity contribution in [2.75, 3.05) is 34.1 Å². The summed E-state index contributed by atoms with van der Waals surface area (Å²) in [6, 6.07) is 3.57. The molecule has 0 bridgehead atoms. The molecule has 1 rings (SSSR count). The molecule has 0 heterocycles. The number of Topliss-reactive ketones (excluding diaryl/α,β-unsaturated/α-hetero) is 1. The minimum atomic E-state index is -0.0152. The zero-order valence-corrected chi connectivity index (χ0v) is 11.3. The second-order valence-electron chi connectivity index (χ2n) is 3.36. The minimum Gasteiger partial charge on any atom is -0.497 e. The van der Waals surface area contributed by atoms with Gasteiger partial charge in [0.15, 0.2) is 5.78 Å². The van der Waals surface area contributed by atoms with E-state index in [9.17, 15) is 4.79 Å². The number of benzene rings is 1. The van der Waals surface area contributed by atoms with E-state index >= 15 is 0 Å². The molecule has 94 valence electrons. The van der Waals surface area contributed by atoms with E-state index < -0.39 is 0 Å². The van der Waals surface area contributed by atoms with Crippen molar-refractivity contribution in [2.45, 2.75) is 4.90 Å². The van der Waals surface area contributed by atoms with Crippen LogP contribution in [0.4, 0.5) is 0 Å². The first-order valence-electron chi connectivity index (χ1n) is 5.15. The molecule has 1 aromatic rings. The van der Waals surface area contributed by atoms with Gasteiger partial charge in [0.1, 0.15) is 11.5 Å². The number of nitrogens with one attached hydrogen (secondary N) is 1. The summed E-state index contributed by atoms with van der Waals surface area (Å²) in [5, 5.41) is 2.84. The molecule has 0 spiro atoms. The van der Waals surface area contributed by atoms with Crippen LogP contribution in [0, 0.1) is 0 Å². The molecule has 5 heteroatoms. The predicted molar refractivity (Wildman–Crippen MR) is 69.6 cm³/mol. The molecule has 17 heavy (non-hydrogen) atoms. The lowest BCUT2D eigenvalue weighted by Gasteiger charge is -2.13. The Hall–Kier alpha value is -1.20. The van der Waals surface area contributed by atoms with E-state index in [0.717, 1.165) is 4.90 Å². The van der Waals surface area contributed by atoms with Crippen LogP contribution in [0.25, 0.3) is 0 Å². The van der Waals surface area contributed by atoms with Crippen molar-refractivity contribution in [2.24, 2.45) is 0 Å². The standard InChI is InChI=1S/C12H17NO3S/c1-13-7-10(14)9-5-8(15-2)6-11(17-4)12(9)16-3/h5-6,13H,7H2,1-4H3. The van der Waals surface area contributed by atoms with Gasteiger partial charge in [-0.05, 0) is 25.4 Å². The Labute approximate surface area is 106 Å². The fourth-order valence-electron chi connectivity index (χ4n) is 1.52. The van der Waals surface area contributed by atoms with Crippen LogP contribution in [-0.2, 0) is 0 Å².